The van der Waals surface area contributed by atoms with Crippen LogP contribution in [0.15, 0.2) is 18.2 Å². The number of nitrogens with one attached hydrogen (secondary N) is 1. The van der Waals surface area contributed by atoms with Crippen molar-refractivity contribution < 1.29 is 14.3 Å². The van der Waals surface area contributed by atoms with E-state index in [0.29, 0.717) is 22.5 Å². The summed E-state index contributed by atoms with van der Waals surface area (Å²) in [5.41, 5.74) is 0.760. The van der Waals surface area contributed by atoms with Crippen molar-refractivity contribution in [2.75, 3.05) is 19.5 Å². The van der Waals surface area contributed by atoms with Crippen LogP contribution in [0.4, 0.5) is 5.13 Å². The number of carbonyl (C=O) groups is 1. The molecule has 0 spiro atoms. The lowest BCUT2D eigenvalue weighted by Crippen LogP contribution is -2.14. The Morgan fingerprint density at radius 1 is 1.26 bits per heavy atom. The maximum Gasteiger partial charge on any atom is 0.230 e. The Morgan fingerprint density at radius 3 is 2.70 bits per heavy atom. The molecule has 0 radical (unpaired) electrons. The van der Waals surface area contributed by atoms with E-state index in [0.717, 1.165) is 17.0 Å². The molecule has 0 aliphatic rings. The molecule has 2 rings (SSSR count). The predicted molar refractivity (Wildman–Crippen MR) is 90.3 cm³/mol. The molecule has 2 aromatic rings. The van der Waals surface area contributed by atoms with Gasteiger partial charge in [0.1, 0.15) is 16.5 Å². The molecule has 0 aliphatic carbocycles. The third-order valence-electron chi connectivity index (χ3n) is 3.13. The minimum atomic E-state index is -0.163. The first-order valence-corrected chi connectivity index (χ1v) is 8.16. The van der Waals surface area contributed by atoms with Gasteiger partial charge in [0.2, 0.25) is 11.0 Å². The van der Waals surface area contributed by atoms with E-state index < -0.39 is 0 Å². The molecule has 1 N–H and O–H groups in total. The average molecular weight is 335 g/mol. The zero-order valence-corrected chi connectivity index (χ0v) is 14.6. The summed E-state index contributed by atoms with van der Waals surface area (Å²) < 4.78 is 10.5. The van der Waals surface area contributed by atoms with Crippen molar-refractivity contribution in [1.82, 2.24) is 10.2 Å². The number of anilines is 1. The lowest BCUT2D eigenvalue weighted by atomic mass is 10.1. The molecular weight excluding hydrogens is 314 g/mol. The Kier molecular flexibility index (Phi) is 5.92. The minimum Gasteiger partial charge on any atom is -0.497 e. The Labute approximate surface area is 139 Å². The summed E-state index contributed by atoms with van der Waals surface area (Å²) in [5.74, 6) is 1.68. The number of hydrogen-bond acceptors (Lipinski definition) is 6. The van der Waals surface area contributed by atoms with Gasteiger partial charge < -0.3 is 14.8 Å². The van der Waals surface area contributed by atoms with Crippen LogP contribution in [0.2, 0.25) is 0 Å². The third kappa shape index (κ3) is 4.92. The number of benzene rings is 1. The van der Waals surface area contributed by atoms with E-state index in [1.165, 1.54) is 11.3 Å². The minimum absolute atomic E-state index is 0.163. The highest BCUT2D eigenvalue weighted by molar-refractivity contribution is 7.15. The van der Waals surface area contributed by atoms with Gasteiger partial charge in [0.25, 0.3) is 0 Å². The van der Waals surface area contributed by atoms with Gasteiger partial charge in [-0.15, -0.1) is 10.2 Å². The van der Waals surface area contributed by atoms with Crippen molar-refractivity contribution >= 4 is 22.4 Å². The Balaban J connectivity index is 2.03. The molecule has 0 atom stereocenters. The third-order valence-corrected chi connectivity index (χ3v) is 4.00. The maximum absolute atomic E-state index is 12.2. The van der Waals surface area contributed by atoms with E-state index in [4.69, 9.17) is 9.47 Å². The van der Waals surface area contributed by atoms with E-state index in [1.54, 1.807) is 32.4 Å². The average Bonchev–Trinajstić information content (AvgIpc) is 2.93. The first-order chi connectivity index (χ1) is 11.0. The number of aromatic nitrogens is 2. The van der Waals surface area contributed by atoms with Crippen molar-refractivity contribution in [2.24, 2.45) is 5.92 Å². The Morgan fingerprint density at radius 2 is 2.04 bits per heavy atom. The molecule has 0 fully saturated rings. The van der Waals surface area contributed by atoms with E-state index in [1.807, 2.05) is 0 Å². The highest BCUT2D eigenvalue weighted by Gasteiger charge is 2.13. The van der Waals surface area contributed by atoms with Crippen molar-refractivity contribution in [1.29, 1.82) is 0 Å². The van der Waals surface area contributed by atoms with Gasteiger partial charge in [-0.1, -0.05) is 25.2 Å². The van der Waals surface area contributed by atoms with Crippen molar-refractivity contribution in [3.05, 3.63) is 28.8 Å². The fourth-order valence-corrected chi connectivity index (χ4v) is 3.06. The van der Waals surface area contributed by atoms with Gasteiger partial charge in [0, 0.05) is 12.0 Å². The molecule has 1 heterocycles. The van der Waals surface area contributed by atoms with Crippen molar-refractivity contribution in [3.8, 4) is 11.5 Å². The van der Waals surface area contributed by atoms with Crippen LogP contribution in [0.3, 0.4) is 0 Å². The van der Waals surface area contributed by atoms with Gasteiger partial charge in [-0.2, -0.15) is 0 Å². The van der Waals surface area contributed by atoms with Crippen LogP contribution in [0.25, 0.3) is 0 Å². The van der Waals surface area contributed by atoms with Crippen molar-refractivity contribution in [2.45, 2.75) is 26.7 Å². The van der Waals surface area contributed by atoms with Crippen LogP contribution in [0, 0.1) is 5.92 Å². The van der Waals surface area contributed by atoms with E-state index in [2.05, 4.69) is 29.4 Å². The topological polar surface area (TPSA) is 73.3 Å². The van der Waals surface area contributed by atoms with Crippen LogP contribution in [-0.4, -0.2) is 30.3 Å². The van der Waals surface area contributed by atoms with E-state index in [9.17, 15) is 4.79 Å². The van der Waals surface area contributed by atoms with Crippen LogP contribution < -0.4 is 14.8 Å². The fourth-order valence-electron chi connectivity index (χ4n) is 2.09. The highest BCUT2D eigenvalue weighted by atomic mass is 32.1. The predicted octanol–water partition coefficient (Wildman–Crippen LogP) is 2.94. The number of hydrogen-bond donors (Lipinski definition) is 1. The molecule has 124 valence electrons. The number of nitrogens with zero attached hydrogens (tertiary/aromatic N) is 2. The zero-order chi connectivity index (χ0) is 16.8. The molecule has 7 heteroatoms. The molecule has 0 saturated heterocycles. The summed E-state index contributed by atoms with van der Waals surface area (Å²) in [4.78, 5) is 12.2. The molecule has 0 bridgehead atoms. The van der Waals surface area contributed by atoms with Gasteiger partial charge in [-0.05, 0) is 24.1 Å². The molecule has 6 nitrogen and oxygen atoms in total. The molecule has 1 aromatic heterocycles. The summed E-state index contributed by atoms with van der Waals surface area (Å²) in [6.45, 7) is 4.24. The maximum atomic E-state index is 12.2. The summed E-state index contributed by atoms with van der Waals surface area (Å²) in [5, 5.41) is 12.3. The summed E-state index contributed by atoms with van der Waals surface area (Å²) in [6.07, 6.45) is 1.04. The van der Waals surface area contributed by atoms with Crippen LogP contribution in [-0.2, 0) is 17.6 Å². The van der Waals surface area contributed by atoms with E-state index in [-0.39, 0.29) is 12.3 Å². The van der Waals surface area contributed by atoms with Crippen LogP contribution >= 0.6 is 11.3 Å². The second-order valence-electron chi connectivity index (χ2n) is 5.50. The van der Waals surface area contributed by atoms with Gasteiger partial charge in [-0.25, -0.2) is 0 Å². The smallest absolute Gasteiger partial charge is 0.230 e. The van der Waals surface area contributed by atoms with Crippen molar-refractivity contribution in [3.63, 3.8) is 0 Å². The molecule has 23 heavy (non-hydrogen) atoms. The Hall–Kier alpha value is -2.15. The second-order valence-corrected chi connectivity index (χ2v) is 6.56. The second kappa shape index (κ2) is 7.92. The molecule has 1 amide bonds. The lowest BCUT2D eigenvalue weighted by Gasteiger charge is -2.10. The quantitative estimate of drug-likeness (QED) is 0.842. The standard InChI is InChI=1S/C16H21N3O3S/c1-10(2)7-15-18-19-16(23-15)17-14(20)9-11-8-12(21-3)5-6-13(11)22-4/h5-6,8,10H,7,9H2,1-4H3,(H,17,19,20). The first-order valence-electron chi connectivity index (χ1n) is 7.35. The molecule has 0 saturated carbocycles. The largest absolute Gasteiger partial charge is 0.497 e. The molecule has 0 aliphatic heterocycles. The van der Waals surface area contributed by atoms with Crippen LogP contribution in [0.5, 0.6) is 11.5 Å². The lowest BCUT2D eigenvalue weighted by molar-refractivity contribution is -0.115. The fraction of sp³-hybridized carbons (Fsp3) is 0.438. The van der Waals surface area contributed by atoms with Gasteiger partial charge >= 0.3 is 0 Å². The SMILES string of the molecule is COc1ccc(OC)c(CC(=O)Nc2nnc(CC(C)C)s2)c1. The van der Waals surface area contributed by atoms with E-state index >= 15 is 0 Å². The monoisotopic (exact) mass is 335 g/mol. The number of amides is 1. The van der Waals surface area contributed by atoms with Crippen LogP contribution in [0.1, 0.15) is 24.4 Å². The summed E-state index contributed by atoms with van der Waals surface area (Å²) in [6, 6.07) is 5.37. The number of methoxy groups -OCH3 is 2. The molecule has 0 unspecified atom stereocenters. The number of carbonyl (C=O) groups excluding carboxylic acids is 1. The van der Waals surface area contributed by atoms with Gasteiger partial charge in [0.15, 0.2) is 0 Å². The zero-order valence-electron chi connectivity index (χ0n) is 13.8. The van der Waals surface area contributed by atoms with Gasteiger partial charge in [-0.3, -0.25) is 4.79 Å². The van der Waals surface area contributed by atoms with Gasteiger partial charge in [0.05, 0.1) is 20.6 Å². The number of ether oxygens (including phenoxy) is 2. The normalized spacial score (nSPS) is 10.7. The summed E-state index contributed by atoms with van der Waals surface area (Å²) in [7, 11) is 3.16. The number of rotatable bonds is 7. The molecule has 1 aromatic carbocycles. The first kappa shape index (κ1) is 17.2. The molecular formula is C16H21N3O3S. The highest BCUT2D eigenvalue weighted by Crippen LogP contribution is 2.25. The summed E-state index contributed by atoms with van der Waals surface area (Å²) >= 11 is 1.41. The Bertz CT molecular complexity index is 670.